The molecule has 4 rings (SSSR count). The van der Waals surface area contributed by atoms with Gasteiger partial charge in [-0.3, -0.25) is 10.1 Å². The predicted octanol–water partition coefficient (Wildman–Crippen LogP) is 3.92. The topological polar surface area (TPSA) is 115 Å². The highest BCUT2D eigenvalue weighted by Gasteiger charge is 2.50. The van der Waals surface area contributed by atoms with Crippen LogP contribution in [0.2, 0.25) is 0 Å². The van der Waals surface area contributed by atoms with Crippen LogP contribution in [0.3, 0.4) is 0 Å². The normalized spacial score (nSPS) is 23.3. The zero-order valence-electron chi connectivity index (χ0n) is 19.4. The number of ketones is 1. The van der Waals surface area contributed by atoms with Gasteiger partial charge in [0.25, 0.3) is 0 Å². The van der Waals surface area contributed by atoms with Crippen molar-refractivity contribution in [3.63, 3.8) is 0 Å². The highest BCUT2D eigenvalue weighted by atomic mass is 16.6. The number of Topliss-reactive ketones (excluding diaryl/α,β-unsaturated/α-hetero) is 1. The summed E-state index contributed by atoms with van der Waals surface area (Å²) in [4.78, 5) is 36.1. The van der Waals surface area contributed by atoms with Crippen molar-refractivity contribution in [2.75, 3.05) is 23.8 Å². The molecule has 0 bridgehead atoms. The Balaban J connectivity index is 1.26. The number of hydrogen-bond acceptors (Lipinski definition) is 6. The molecule has 0 aliphatic carbocycles. The molecule has 3 amide bonds. The molecule has 0 radical (unpaired) electrons. The molecule has 0 spiro atoms. The van der Waals surface area contributed by atoms with Crippen LogP contribution < -0.4 is 16.0 Å². The van der Waals surface area contributed by atoms with Gasteiger partial charge in [0.2, 0.25) is 0 Å². The lowest BCUT2D eigenvalue weighted by atomic mass is 10.0. The Morgan fingerprint density at radius 2 is 1.50 bits per heavy atom. The fourth-order valence-corrected chi connectivity index (χ4v) is 4.05. The third kappa shape index (κ3) is 5.55. The van der Waals surface area contributed by atoms with Gasteiger partial charge in [-0.1, -0.05) is 26.0 Å². The van der Waals surface area contributed by atoms with Gasteiger partial charge in [0.05, 0.1) is 19.3 Å². The van der Waals surface area contributed by atoms with Crippen LogP contribution >= 0.6 is 0 Å². The number of carbonyl (C=O) groups is 3. The summed E-state index contributed by atoms with van der Waals surface area (Å²) >= 11 is 0. The van der Waals surface area contributed by atoms with Gasteiger partial charge in [-0.15, -0.1) is 0 Å². The molecule has 2 heterocycles. The minimum absolute atomic E-state index is 0.0435. The van der Waals surface area contributed by atoms with E-state index in [-0.39, 0.29) is 25.0 Å². The maximum atomic E-state index is 12.4. The molecule has 2 aromatic rings. The molecule has 2 aliphatic heterocycles. The Kier molecular flexibility index (Phi) is 7.14. The molecule has 9 heteroatoms. The molecular weight excluding hydrogens is 438 g/mol. The van der Waals surface area contributed by atoms with E-state index in [0.29, 0.717) is 22.9 Å². The summed E-state index contributed by atoms with van der Waals surface area (Å²) in [5, 5.41) is 8.29. The highest BCUT2D eigenvalue weighted by molar-refractivity contribution is 5.95. The SMILES string of the molecule is CC(=O)c1ccc(NC(=O)N[C@H]2CO[C@H]3[C@@H]2OC[C@H]3OC(=O)Nc2ccc(C(C)C)cc2)cc1. The second-order valence-electron chi connectivity index (χ2n) is 8.78. The first-order valence-corrected chi connectivity index (χ1v) is 11.3. The van der Waals surface area contributed by atoms with Crippen LogP contribution in [0.1, 0.15) is 42.6 Å². The van der Waals surface area contributed by atoms with Crippen molar-refractivity contribution in [3.05, 3.63) is 59.7 Å². The average molecular weight is 468 g/mol. The Morgan fingerprint density at radius 3 is 2.15 bits per heavy atom. The maximum Gasteiger partial charge on any atom is 0.412 e. The van der Waals surface area contributed by atoms with Gasteiger partial charge in [-0.25, -0.2) is 9.59 Å². The smallest absolute Gasteiger partial charge is 0.412 e. The molecule has 2 aromatic carbocycles. The number of rotatable bonds is 6. The fraction of sp³-hybridized carbons (Fsp3) is 0.400. The van der Waals surface area contributed by atoms with Gasteiger partial charge in [0.15, 0.2) is 11.9 Å². The van der Waals surface area contributed by atoms with Gasteiger partial charge >= 0.3 is 12.1 Å². The van der Waals surface area contributed by atoms with Crippen LogP contribution in [0.5, 0.6) is 0 Å². The molecule has 3 N–H and O–H groups in total. The van der Waals surface area contributed by atoms with Crippen molar-refractivity contribution in [1.29, 1.82) is 0 Å². The van der Waals surface area contributed by atoms with Gasteiger partial charge < -0.3 is 24.8 Å². The standard InChI is InChI=1S/C25H29N3O6/c1-14(2)16-4-8-19(9-5-16)27-25(31)34-21-13-33-22-20(12-32-23(21)22)28-24(30)26-18-10-6-17(7-11-18)15(3)29/h4-11,14,20-23H,12-13H2,1-3H3,(H,27,31)(H2,26,28,30)/t20-,21+,22+,23+/m0/s1. The number of benzene rings is 2. The van der Waals surface area contributed by atoms with Crippen molar-refractivity contribution in [1.82, 2.24) is 5.32 Å². The van der Waals surface area contributed by atoms with E-state index in [1.54, 1.807) is 24.3 Å². The Morgan fingerprint density at radius 1 is 0.882 bits per heavy atom. The lowest BCUT2D eigenvalue weighted by Crippen LogP contribution is -2.46. The van der Waals surface area contributed by atoms with Gasteiger partial charge in [-0.05, 0) is 54.8 Å². The molecular formula is C25H29N3O6. The van der Waals surface area contributed by atoms with E-state index in [9.17, 15) is 14.4 Å². The van der Waals surface area contributed by atoms with Gasteiger partial charge in [0, 0.05) is 16.9 Å². The molecule has 2 aliphatic rings. The van der Waals surface area contributed by atoms with Crippen molar-refractivity contribution in [2.45, 2.75) is 51.0 Å². The monoisotopic (exact) mass is 467 g/mol. The molecule has 0 aromatic heterocycles. The second kappa shape index (κ2) is 10.2. The first kappa shape index (κ1) is 23.7. The third-order valence-corrected chi connectivity index (χ3v) is 5.96. The van der Waals surface area contributed by atoms with Crippen molar-refractivity contribution in [2.24, 2.45) is 0 Å². The first-order valence-electron chi connectivity index (χ1n) is 11.3. The van der Waals surface area contributed by atoms with E-state index in [1.807, 2.05) is 24.3 Å². The van der Waals surface area contributed by atoms with E-state index in [0.717, 1.165) is 0 Å². The summed E-state index contributed by atoms with van der Waals surface area (Å²) in [5.41, 5.74) is 2.95. The lowest BCUT2D eigenvalue weighted by Gasteiger charge is -2.18. The Labute approximate surface area is 198 Å². The molecule has 0 saturated carbocycles. The van der Waals surface area contributed by atoms with Crippen molar-refractivity contribution >= 4 is 29.3 Å². The summed E-state index contributed by atoms with van der Waals surface area (Å²) in [7, 11) is 0. The quantitative estimate of drug-likeness (QED) is 0.555. The summed E-state index contributed by atoms with van der Waals surface area (Å²) in [5.74, 6) is 0.363. The fourth-order valence-electron chi connectivity index (χ4n) is 4.05. The molecule has 34 heavy (non-hydrogen) atoms. The van der Waals surface area contributed by atoms with E-state index >= 15 is 0 Å². The van der Waals surface area contributed by atoms with Gasteiger partial charge in [0.1, 0.15) is 12.2 Å². The number of hydrogen-bond donors (Lipinski definition) is 3. The minimum Gasteiger partial charge on any atom is -0.441 e. The largest absolute Gasteiger partial charge is 0.441 e. The zero-order valence-corrected chi connectivity index (χ0v) is 19.4. The minimum atomic E-state index is -0.585. The van der Waals surface area contributed by atoms with Crippen LogP contribution in [0.15, 0.2) is 48.5 Å². The summed E-state index contributed by atoms with van der Waals surface area (Å²) in [6.07, 6.45) is -2.05. The Hall–Kier alpha value is -3.43. The van der Waals surface area contributed by atoms with E-state index in [4.69, 9.17) is 14.2 Å². The third-order valence-electron chi connectivity index (χ3n) is 5.96. The van der Waals surface area contributed by atoms with Crippen molar-refractivity contribution in [3.8, 4) is 0 Å². The van der Waals surface area contributed by atoms with Gasteiger partial charge in [-0.2, -0.15) is 0 Å². The van der Waals surface area contributed by atoms with Crippen LogP contribution in [0, 0.1) is 0 Å². The summed E-state index contributed by atoms with van der Waals surface area (Å²) in [6.45, 7) is 6.12. The molecule has 4 atom stereocenters. The lowest BCUT2D eigenvalue weighted by molar-refractivity contribution is 0.00873. The molecule has 2 saturated heterocycles. The van der Waals surface area contributed by atoms with Crippen LogP contribution in [0.25, 0.3) is 0 Å². The summed E-state index contributed by atoms with van der Waals surface area (Å²) < 4.78 is 17.1. The number of nitrogens with one attached hydrogen (secondary N) is 3. The van der Waals surface area contributed by atoms with Crippen LogP contribution in [-0.2, 0) is 14.2 Å². The Bertz CT molecular complexity index is 1040. The summed E-state index contributed by atoms with van der Waals surface area (Å²) in [6, 6.07) is 13.4. The number of carbonyl (C=O) groups excluding carboxylic acids is 3. The van der Waals surface area contributed by atoms with Crippen LogP contribution in [-0.4, -0.2) is 55.5 Å². The van der Waals surface area contributed by atoms with E-state index in [2.05, 4.69) is 29.8 Å². The number of anilines is 2. The van der Waals surface area contributed by atoms with E-state index in [1.165, 1.54) is 12.5 Å². The number of urea groups is 1. The predicted molar refractivity (Wildman–Crippen MR) is 126 cm³/mol. The molecule has 180 valence electrons. The number of fused-ring (bicyclic) bond motifs is 1. The van der Waals surface area contributed by atoms with E-state index < -0.39 is 30.4 Å². The van der Waals surface area contributed by atoms with Crippen LogP contribution in [0.4, 0.5) is 21.0 Å². The maximum absolute atomic E-state index is 12.4. The number of ether oxygens (including phenoxy) is 3. The first-order chi connectivity index (χ1) is 16.3. The highest BCUT2D eigenvalue weighted by Crippen LogP contribution is 2.29. The number of amides is 3. The zero-order chi connectivity index (χ0) is 24.2. The molecule has 2 fully saturated rings. The second-order valence-corrected chi connectivity index (χ2v) is 8.78. The molecule has 9 nitrogen and oxygen atoms in total. The average Bonchev–Trinajstić information content (AvgIpc) is 3.38. The van der Waals surface area contributed by atoms with Crippen molar-refractivity contribution < 1.29 is 28.6 Å². The molecule has 0 unspecified atom stereocenters.